The molecule has 47 heavy (non-hydrogen) atoms. The lowest BCUT2D eigenvalue weighted by molar-refractivity contribution is -0.136. The molecule has 11 nitrogen and oxygen atoms in total. The number of unbranched alkanes of at least 4 members (excludes halogenated alkanes) is 1. The third kappa shape index (κ3) is 12.4. The lowest BCUT2D eigenvalue weighted by Gasteiger charge is -2.27. The first-order chi connectivity index (χ1) is 22.5. The molecule has 0 heterocycles. The fraction of sp³-hybridized carbons (Fsp3) is 0.361. The maximum Gasteiger partial charge on any atom is 0.251 e. The van der Waals surface area contributed by atoms with Crippen LogP contribution in [0.2, 0.25) is 0 Å². The number of hydrogen-bond acceptors (Lipinski definition) is 6. The third-order valence-corrected chi connectivity index (χ3v) is 7.54. The SMILES string of the molecule is CC(=O)NC(C(=O)NCCCCC(NC(=O)c1ccccc1)C(=O)NC(Cc1ccccc1)C(=O)N(C)Cc1ccccc1)C(C)O. The van der Waals surface area contributed by atoms with Crippen LogP contribution in [0.5, 0.6) is 0 Å². The van der Waals surface area contributed by atoms with Gasteiger partial charge in [-0.2, -0.15) is 0 Å². The molecule has 5 amide bonds. The largest absolute Gasteiger partial charge is 0.391 e. The van der Waals surface area contributed by atoms with Crippen molar-refractivity contribution in [1.82, 2.24) is 26.2 Å². The average molecular weight is 644 g/mol. The second-order valence-electron chi connectivity index (χ2n) is 11.5. The number of nitrogens with one attached hydrogen (secondary N) is 4. The maximum absolute atomic E-state index is 13.8. The van der Waals surface area contributed by atoms with Gasteiger partial charge in [-0.25, -0.2) is 0 Å². The van der Waals surface area contributed by atoms with Crippen LogP contribution in [0.25, 0.3) is 0 Å². The summed E-state index contributed by atoms with van der Waals surface area (Å²) in [5.74, 6) is -2.16. The summed E-state index contributed by atoms with van der Waals surface area (Å²) in [6.07, 6.45) is 0.304. The van der Waals surface area contributed by atoms with Gasteiger partial charge in [-0.15, -0.1) is 0 Å². The molecule has 0 fully saturated rings. The van der Waals surface area contributed by atoms with E-state index in [1.165, 1.54) is 13.8 Å². The molecule has 3 aromatic carbocycles. The zero-order valence-electron chi connectivity index (χ0n) is 27.1. The van der Waals surface area contributed by atoms with Gasteiger partial charge in [0.25, 0.3) is 5.91 Å². The molecule has 4 atom stereocenters. The molecule has 0 radical (unpaired) electrons. The second-order valence-corrected chi connectivity index (χ2v) is 11.5. The molecule has 0 aliphatic rings. The van der Waals surface area contributed by atoms with E-state index < -0.39 is 47.9 Å². The van der Waals surface area contributed by atoms with E-state index >= 15 is 0 Å². The van der Waals surface area contributed by atoms with Gasteiger partial charge in [-0.1, -0.05) is 78.9 Å². The van der Waals surface area contributed by atoms with Crippen molar-refractivity contribution in [3.8, 4) is 0 Å². The van der Waals surface area contributed by atoms with Crippen molar-refractivity contribution >= 4 is 29.5 Å². The van der Waals surface area contributed by atoms with Crippen molar-refractivity contribution in [2.45, 2.75) is 70.3 Å². The van der Waals surface area contributed by atoms with E-state index in [9.17, 15) is 29.1 Å². The van der Waals surface area contributed by atoms with E-state index in [0.717, 1.165) is 11.1 Å². The first-order valence-corrected chi connectivity index (χ1v) is 15.8. The van der Waals surface area contributed by atoms with Gasteiger partial charge in [0.2, 0.25) is 23.6 Å². The Balaban J connectivity index is 1.72. The zero-order chi connectivity index (χ0) is 34.2. The quantitative estimate of drug-likeness (QED) is 0.142. The number of hydrogen-bond donors (Lipinski definition) is 5. The van der Waals surface area contributed by atoms with Gasteiger partial charge in [0.1, 0.15) is 18.1 Å². The molecule has 0 bridgehead atoms. The van der Waals surface area contributed by atoms with Gasteiger partial charge in [0.15, 0.2) is 0 Å². The molecule has 0 aliphatic heterocycles. The van der Waals surface area contributed by atoms with Crippen molar-refractivity contribution in [2.24, 2.45) is 0 Å². The lowest BCUT2D eigenvalue weighted by Crippen LogP contribution is -2.54. The molecule has 3 aromatic rings. The molecule has 11 heteroatoms. The monoisotopic (exact) mass is 643 g/mol. The first-order valence-electron chi connectivity index (χ1n) is 15.8. The molecule has 0 aliphatic carbocycles. The van der Waals surface area contributed by atoms with Crippen LogP contribution in [0.15, 0.2) is 91.0 Å². The fourth-order valence-corrected chi connectivity index (χ4v) is 5.04. The Morgan fingerprint density at radius 3 is 1.87 bits per heavy atom. The predicted molar refractivity (Wildman–Crippen MR) is 179 cm³/mol. The average Bonchev–Trinajstić information content (AvgIpc) is 3.06. The molecule has 250 valence electrons. The van der Waals surface area contributed by atoms with Gasteiger partial charge < -0.3 is 31.3 Å². The normalized spacial score (nSPS) is 13.3. The van der Waals surface area contributed by atoms with Crippen molar-refractivity contribution in [2.75, 3.05) is 13.6 Å². The summed E-state index contributed by atoms with van der Waals surface area (Å²) < 4.78 is 0. The maximum atomic E-state index is 13.8. The summed E-state index contributed by atoms with van der Waals surface area (Å²) in [4.78, 5) is 66.1. The van der Waals surface area contributed by atoms with E-state index in [-0.39, 0.29) is 25.3 Å². The van der Waals surface area contributed by atoms with Crippen molar-refractivity contribution in [3.63, 3.8) is 0 Å². The summed E-state index contributed by atoms with van der Waals surface area (Å²) in [7, 11) is 1.69. The topological polar surface area (TPSA) is 157 Å². The molecule has 4 unspecified atom stereocenters. The molecular formula is C36H45N5O6. The van der Waals surface area contributed by atoms with Gasteiger partial charge in [0.05, 0.1) is 6.10 Å². The zero-order valence-corrected chi connectivity index (χ0v) is 27.1. The minimum atomic E-state index is -1.09. The Kier molecular flexibility index (Phi) is 14.6. The van der Waals surface area contributed by atoms with Gasteiger partial charge in [-0.05, 0) is 49.4 Å². The number of carbonyl (C=O) groups excluding carboxylic acids is 5. The van der Waals surface area contributed by atoms with Crippen LogP contribution in [-0.2, 0) is 32.1 Å². The molecular weight excluding hydrogens is 598 g/mol. The van der Waals surface area contributed by atoms with E-state index in [0.29, 0.717) is 24.9 Å². The van der Waals surface area contributed by atoms with Crippen LogP contribution < -0.4 is 21.3 Å². The van der Waals surface area contributed by atoms with Crippen LogP contribution in [0.4, 0.5) is 0 Å². The van der Waals surface area contributed by atoms with Crippen molar-refractivity contribution in [3.05, 3.63) is 108 Å². The van der Waals surface area contributed by atoms with Crippen LogP contribution in [0.1, 0.15) is 54.6 Å². The van der Waals surface area contributed by atoms with E-state index in [4.69, 9.17) is 0 Å². The highest BCUT2D eigenvalue weighted by Gasteiger charge is 2.29. The van der Waals surface area contributed by atoms with Crippen LogP contribution in [0.3, 0.4) is 0 Å². The van der Waals surface area contributed by atoms with Crippen molar-refractivity contribution in [1.29, 1.82) is 0 Å². The third-order valence-electron chi connectivity index (χ3n) is 7.54. The van der Waals surface area contributed by atoms with Crippen LogP contribution in [-0.4, -0.2) is 77.4 Å². The summed E-state index contributed by atoms with van der Waals surface area (Å²) in [5, 5.41) is 20.7. The Labute approximate surface area is 276 Å². The standard InChI is InChI=1S/C36H45N5O6/c1-25(42)32(38-26(2)43)35(46)37-22-14-13-21-30(39-33(44)29-19-11-6-12-20-29)34(45)40-31(23-27-15-7-4-8-16-27)36(47)41(3)24-28-17-9-5-10-18-28/h4-12,15-20,25,30-32,42H,13-14,21-24H2,1-3H3,(H,37,46)(H,38,43)(H,39,44)(H,40,45). The number of likely N-dealkylation sites (N-methyl/N-ethyl adjacent to an activating group) is 1. The van der Waals surface area contributed by atoms with Gasteiger partial charge in [0, 0.05) is 39.0 Å². The summed E-state index contributed by atoms with van der Waals surface area (Å²) >= 11 is 0. The Bertz CT molecular complexity index is 1450. The Hall–Kier alpha value is -5.03. The van der Waals surface area contributed by atoms with Crippen molar-refractivity contribution < 1.29 is 29.1 Å². The van der Waals surface area contributed by atoms with Gasteiger partial charge in [-0.3, -0.25) is 24.0 Å². The van der Waals surface area contributed by atoms with Crippen LogP contribution >= 0.6 is 0 Å². The fourth-order valence-electron chi connectivity index (χ4n) is 5.04. The number of nitrogens with zero attached hydrogens (tertiary/aromatic N) is 1. The molecule has 0 saturated carbocycles. The minimum absolute atomic E-state index is 0.224. The van der Waals surface area contributed by atoms with Gasteiger partial charge >= 0.3 is 0 Å². The molecule has 0 spiro atoms. The highest BCUT2D eigenvalue weighted by molar-refractivity contribution is 5.98. The first kappa shape index (κ1) is 36.4. The molecule has 0 aromatic heterocycles. The lowest BCUT2D eigenvalue weighted by atomic mass is 10.0. The Morgan fingerprint density at radius 2 is 1.30 bits per heavy atom. The second kappa shape index (κ2) is 18.8. The molecule has 0 saturated heterocycles. The number of aliphatic hydroxyl groups excluding tert-OH is 1. The molecule has 5 N–H and O–H groups in total. The smallest absolute Gasteiger partial charge is 0.251 e. The summed E-state index contributed by atoms with van der Waals surface area (Å²) in [5.41, 5.74) is 2.21. The number of rotatable bonds is 17. The van der Waals surface area contributed by atoms with E-state index in [1.54, 1.807) is 42.3 Å². The Morgan fingerprint density at radius 1 is 0.723 bits per heavy atom. The van der Waals surface area contributed by atoms with Crippen LogP contribution in [0, 0.1) is 0 Å². The summed E-state index contributed by atoms with van der Waals surface area (Å²) in [6.45, 7) is 3.26. The van der Waals surface area contributed by atoms with E-state index in [2.05, 4.69) is 21.3 Å². The number of amides is 5. The number of carbonyl (C=O) groups is 5. The number of benzene rings is 3. The summed E-state index contributed by atoms with van der Waals surface area (Å²) in [6, 6.07) is 24.5. The molecule has 3 rings (SSSR count). The minimum Gasteiger partial charge on any atom is -0.391 e. The highest BCUT2D eigenvalue weighted by atomic mass is 16.3. The highest BCUT2D eigenvalue weighted by Crippen LogP contribution is 2.11. The number of aliphatic hydroxyl groups is 1. The van der Waals surface area contributed by atoms with E-state index in [1.807, 2.05) is 60.7 Å². The predicted octanol–water partition coefficient (Wildman–Crippen LogP) is 2.34.